The number of hydrogen-bond donors (Lipinski definition) is 2. The Bertz CT molecular complexity index is 493. The zero-order chi connectivity index (χ0) is 15.8. The van der Waals surface area contributed by atoms with Gasteiger partial charge in [0.1, 0.15) is 11.4 Å². The lowest BCUT2D eigenvalue weighted by molar-refractivity contribution is -0.146. The molecule has 4 nitrogen and oxygen atoms in total. The summed E-state index contributed by atoms with van der Waals surface area (Å²) < 4.78 is 18.9. The first kappa shape index (κ1) is 17.2. The molecule has 1 aliphatic heterocycles. The van der Waals surface area contributed by atoms with E-state index in [1.165, 1.54) is 6.07 Å². The van der Waals surface area contributed by atoms with E-state index < -0.39 is 5.60 Å². The van der Waals surface area contributed by atoms with Crippen LogP contribution in [-0.4, -0.2) is 44.0 Å². The first-order valence-corrected chi connectivity index (χ1v) is 8.69. The molecule has 1 aromatic carbocycles. The van der Waals surface area contributed by atoms with Crippen molar-refractivity contribution >= 4 is 17.7 Å². The Morgan fingerprint density at radius 3 is 2.82 bits per heavy atom. The average Bonchev–Trinajstić information content (AvgIpc) is 2.56. The molecule has 0 atom stereocenters. The highest BCUT2D eigenvalue weighted by atomic mass is 32.2. The third-order valence-corrected chi connectivity index (χ3v) is 4.97. The summed E-state index contributed by atoms with van der Waals surface area (Å²) in [6.07, 6.45) is 1.38. The van der Waals surface area contributed by atoms with Crippen LogP contribution in [0.3, 0.4) is 0 Å². The number of benzene rings is 1. The predicted octanol–water partition coefficient (Wildman–Crippen LogP) is 1.94. The van der Waals surface area contributed by atoms with Crippen LogP contribution in [0.15, 0.2) is 24.3 Å². The van der Waals surface area contributed by atoms with Gasteiger partial charge in [0.2, 0.25) is 0 Å². The lowest BCUT2D eigenvalue weighted by Crippen LogP contribution is -2.54. The molecule has 2 rings (SSSR count). The highest BCUT2D eigenvalue weighted by Gasteiger charge is 2.39. The summed E-state index contributed by atoms with van der Waals surface area (Å²) in [6, 6.07) is 6.78. The second-order valence-corrected chi connectivity index (χ2v) is 6.45. The van der Waals surface area contributed by atoms with E-state index in [-0.39, 0.29) is 11.7 Å². The van der Waals surface area contributed by atoms with E-state index in [1.54, 1.807) is 31.0 Å². The second-order valence-electron chi connectivity index (χ2n) is 5.35. The van der Waals surface area contributed by atoms with Crippen LogP contribution in [0.4, 0.5) is 4.39 Å². The number of hydrogen-bond acceptors (Lipinski definition) is 4. The van der Waals surface area contributed by atoms with Crippen LogP contribution in [0.2, 0.25) is 0 Å². The third kappa shape index (κ3) is 4.44. The van der Waals surface area contributed by atoms with Crippen molar-refractivity contribution in [3.05, 3.63) is 35.6 Å². The van der Waals surface area contributed by atoms with Crippen LogP contribution in [0.5, 0.6) is 0 Å². The summed E-state index contributed by atoms with van der Waals surface area (Å²) >= 11 is 1.61. The smallest absolute Gasteiger partial charge is 0.252 e. The number of piperidine rings is 1. The maximum Gasteiger partial charge on any atom is 0.252 e. The van der Waals surface area contributed by atoms with Gasteiger partial charge >= 0.3 is 0 Å². The molecule has 1 amide bonds. The number of halogens is 1. The monoisotopic (exact) mass is 326 g/mol. The molecular weight excluding hydrogens is 303 g/mol. The van der Waals surface area contributed by atoms with Crippen molar-refractivity contribution in [2.24, 2.45) is 0 Å². The zero-order valence-electron chi connectivity index (χ0n) is 12.9. The third-order valence-electron chi connectivity index (χ3n) is 3.96. The number of carbonyl (C=O) groups is 1. The SMILES string of the molecule is COC1(C(=O)NCCSCc2ccccc2F)CCNCC1. The molecular formula is C16H23FN2O2S. The van der Waals surface area contributed by atoms with Gasteiger partial charge in [-0.1, -0.05) is 18.2 Å². The number of methoxy groups -OCH3 is 1. The summed E-state index contributed by atoms with van der Waals surface area (Å²) in [7, 11) is 1.60. The first-order chi connectivity index (χ1) is 10.7. The standard InChI is InChI=1S/C16H23FN2O2S/c1-21-16(6-8-18-9-7-16)15(20)19-10-11-22-12-13-4-2-3-5-14(13)17/h2-5,18H,6-12H2,1H3,(H,19,20). The van der Waals surface area contributed by atoms with Gasteiger partial charge in [-0.3, -0.25) is 4.79 Å². The minimum Gasteiger partial charge on any atom is -0.368 e. The van der Waals surface area contributed by atoms with Gasteiger partial charge in [-0.25, -0.2) is 4.39 Å². The minimum absolute atomic E-state index is 0.0389. The summed E-state index contributed by atoms with van der Waals surface area (Å²) in [5.74, 6) is 1.15. The van der Waals surface area contributed by atoms with Crippen molar-refractivity contribution in [1.82, 2.24) is 10.6 Å². The minimum atomic E-state index is -0.693. The molecule has 0 bridgehead atoms. The van der Waals surface area contributed by atoms with Crippen molar-refractivity contribution in [2.75, 3.05) is 32.5 Å². The van der Waals surface area contributed by atoms with Gasteiger partial charge in [0.25, 0.3) is 5.91 Å². The van der Waals surface area contributed by atoms with Crippen LogP contribution in [-0.2, 0) is 15.3 Å². The Hall–Kier alpha value is -1.11. The summed E-state index contributed by atoms with van der Waals surface area (Å²) in [6.45, 7) is 2.16. The van der Waals surface area contributed by atoms with Gasteiger partial charge < -0.3 is 15.4 Å². The number of ether oxygens (including phenoxy) is 1. The first-order valence-electron chi connectivity index (χ1n) is 7.53. The Kier molecular flexibility index (Phi) is 6.67. The molecule has 2 N–H and O–H groups in total. The molecule has 0 saturated carbocycles. The van der Waals surface area contributed by atoms with Gasteiger partial charge in [0, 0.05) is 25.2 Å². The number of rotatable bonds is 7. The normalized spacial score (nSPS) is 17.2. The van der Waals surface area contributed by atoms with Gasteiger partial charge in [0.15, 0.2) is 0 Å². The van der Waals surface area contributed by atoms with Crippen molar-refractivity contribution in [2.45, 2.75) is 24.2 Å². The summed E-state index contributed by atoms with van der Waals surface area (Å²) in [5, 5.41) is 6.17. The largest absolute Gasteiger partial charge is 0.368 e. The van der Waals surface area contributed by atoms with Crippen molar-refractivity contribution in [3.63, 3.8) is 0 Å². The lowest BCUT2D eigenvalue weighted by atomic mass is 9.91. The Morgan fingerprint density at radius 1 is 1.41 bits per heavy atom. The highest BCUT2D eigenvalue weighted by Crippen LogP contribution is 2.22. The van der Waals surface area contributed by atoms with Crippen molar-refractivity contribution in [1.29, 1.82) is 0 Å². The van der Waals surface area contributed by atoms with Gasteiger partial charge in [-0.05, 0) is 37.6 Å². The van der Waals surface area contributed by atoms with E-state index >= 15 is 0 Å². The number of thioether (sulfide) groups is 1. The Morgan fingerprint density at radius 2 is 2.14 bits per heavy atom. The topological polar surface area (TPSA) is 50.4 Å². The molecule has 0 spiro atoms. The molecule has 0 aromatic heterocycles. The molecule has 0 aliphatic carbocycles. The average molecular weight is 326 g/mol. The molecule has 1 fully saturated rings. The van der Waals surface area contributed by atoms with E-state index in [4.69, 9.17) is 4.74 Å². The number of nitrogens with one attached hydrogen (secondary N) is 2. The number of carbonyl (C=O) groups excluding carboxylic acids is 1. The number of amides is 1. The van der Waals surface area contributed by atoms with Crippen molar-refractivity contribution < 1.29 is 13.9 Å². The molecule has 1 aromatic rings. The molecule has 0 unspecified atom stereocenters. The van der Waals surface area contributed by atoms with Crippen LogP contribution >= 0.6 is 11.8 Å². The van der Waals surface area contributed by atoms with E-state index in [0.717, 1.165) is 18.8 Å². The van der Waals surface area contributed by atoms with Crippen LogP contribution in [0.25, 0.3) is 0 Å². The van der Waals surface area contributed by atoms with Crippen LogP contribution in [0, 0.1) is 5.82 Å². The maximum absolute atomic E-state index is 13.5. The maximum atomic E-state index is 13.5. The van der Waals surface area contributed by atoms with Gasteiger partial charge in [-0.15, -0.1) is 0 Å². The van der Waals surface area contributed by atoms with Gasteiger partial charge in [-0.2, -0.15) is 11.8 Å². The molecule has 122 valence electrons. The molecule has 6 heteroatoms. The fourth-order valence-electron chi connectivity index (χ4n) is 2.55. The Balaban J connectivity index is 1.70. The Labute approximate surface area is 135 Å². The second kappa shape index (κ2) is 8.50. The van der Waals surface area contributed by atoms with Crippen molar-refractivity contribution in [3.8, 4) is 0 Å². The quantitative estimate of drug-likeness (QED) is 0.752. The van der Waals surface area contributed by atoms with Crippen LogP contribution < -0.4 is 10.6 Å². The highest BCUT2D eigenvalue weighted by molar-refractivity contribution is 7.98. The molecule has 1 saturated heterocycles. The molecule has 1 heterocycles. The van der Waals surface area contributed by atoms with E-state index in [1.807, 2.05) is 6.07 Å². The van der Waals surface area contributed by atoms with E-state index in [0.29, 0.717) is 30.7 Å². The molecule has 1 aliphatic rings. The summed E-state index contributed by atoms with van der Waals surface area (Å²) in [4.78, 5) is 12.3. The lowest BCUT2D eigenvalue weighted by Gasteiger charge is -2.34. The van der Waals surface area contributed by atoms with Crippen LogP contribution in [0.1, 0.15) is 18.4 Å². The fraction of sp³-hybridized carbons (Fsp3) is 0.562. The molecule has 22 heavy (non-hydrogen) atoms. The van der Waals surface area contributed by atoms with E-state index in [2.05, 4.69) is 10.6 Å². The van der Waals surface area contributed by atoms with E-state index in [9.17, 15) is 9.18 Å². The zero-order valence-corrected chi connectivity index (χ0v) is 13.7. The summed E-state index contributed by atoms with van der Waals surface area (Å²) in [5.41, 5.74) is 0.00658. The predicted molar refractivity (Wildman–Crippen MR) is 87.4 cm³/mol. The molecule has 0 radical (unpaired) electrons. The fourth-order valence-corrected chi connectivity index (χ4v) is 3.39. The van der Waals surface area contributed by atoms with Gasteiger partial charge in [0.05, 0.1) is 0 Å².